The number of carbonyl (C=O) groups is 2. The van der Waals surface area contributed by atoms with Gasteiger partial charge in [0.25, 0.3) is 0 Å². The summed E-state index contributed by atoms with van der Waals surface area (Å²) in [5.74, 6) is 1.47. The fraction of sp³-hybridized carbons (Fsp3) is 0.310. The van der Waals surface area contributed by atoms with Crippen molar-refractivity contribution < 1.29 is 23.8 Å². The molecular weight excluding hydrogens is 456 g/mol. The van der Waals surface area contributed by atoms with Crippen LogP contribution < -0.4 is 19.5 Å². The highest BCUT2D eigenvalue weighted by atomic mass is 16.5. The van der Waals surface area contributed by atoms with Crippen LogP contribution in [0.25, 0.3) is 0 Å². The van der Waals surface area contributed by atoms with E-state index in [9.17, 15) is 9.59 Å². The van der Waals surface area contributed by atoms with E-state index in [0.717, 1.165) is 28.9 Å². The zero-order chi connectivity index (χ0) is 25.9. The van der Waals surface area contributed by atoms with Crippen LogP contribution in [0.4, 0.5) is 0 Å². The number of ether oxygens (including phenoxy) is 3. The average Bonchev–Trinajstić information content (AvgIpc) is 2.92. The maximum absolute atomic E-state index is 13.8. The molecule has 0 spiro atoms. The van der Waals surface area contributed by atoms with Gasteiger partial charge in [0.15, 0.2) is 11.5 Å². The first-order valence-corrected chi connectivity index (χ1v) is 12.0. The molecule has 36 heavy (non-hydrogen) atoms. The van der Waals surface area contributed by atoms with Gasteiger partial charge in [0.05, 0.1) is 27.8 Å². The molecule has 0 saturated heterocycles. The molecule has 1 atom stereocenters. The van der Waals surface area contributed by atoms with E-state index >= 15 is 0 Å². The summed E-state index contributed by atoms with van der Waals surface area (Å²) in [5.41, 5.74) is 2.40. The van der Waals surface area contributed by atoms with E-state index in [1.54, 1.807) is 38.4 Å². The minimum atomic E-state index is -0.785. The second-order valence-electron chi connectivity index (χ2n) is 8.34. The van der Waals surface area contributed by atoms with Gasteiger partial charge in [0.1, 0.15) is 11.8 Å². The maximum Gasteiger partial charge on any atom is 0.247 e. The Morgan fingerprint density at radius 3 is 2.11 bits per heavy atom. The van der Waals surface area contributed by atoms with Gasteiger partial charge in [-0.3, -0.25) is 9.59 Å². The van der Waals surface area contributed by atoms with Crippen molar-refractivity contribution in [2.24, 2.45) is 0 Å². The lowest BCUT2D eigenvalue weighted by atomic mass is 10.0. The molecule has 1 unspecified atom stereocenters. The van der Waals surface area contributed by atoms with Gasteiger partial charge in [-0.2, -0.15) is 0 Å². The molecule has 0 aliphatic carbocycles. The average molecular weight is 491 g/mol. The number of benzene rings is 3. The van der Waals surface area contributed by atoms with Gasteiger partial charge in [-0.1, -0.05) is 55.5 Å². The molecule has 0 aliphatic rings. The Balaban J connectivity index is 1.99. The summed E-state index contributed by atoms with van der Waals surface area (Å²) in [6.07, 6.45) is 0.895. The smallest absolute Gasteiger partial charge is 0.247 e. The molecule has 0 heterocycles. The Morgan fingerprint density at radius 2 is 1.50 bits per heavy atom. The maximum atomic E-state index is 13.8. The topological polar surface area (TPSA) is 77.1 Å². The standard InChI is InChI=1S/C29H34N2O5/c1-5-17-30-29(33)28(23-9-7-6-8-10-23)31(20-21-11-14-24(34-2)15-12-21)27(32)19-22-13-16-25(35-3)26(18-22)36-4/h6-16,18,28H,5,17,19-20H2,1-4H3,(H,30,33). The van der Waals surface area contributed by atoms with E-state index in [1.807, 2.05) is 67.6 Å². The van der Waals surface area contributed by atoms with Gasteiger partial charge >= 0.3 is 0 Å². The number of amides is 2. The number of nitrogens with zero attached hydrogens (tertiary/aromatic N) is 1. The van der Waals surface area contributed by atoms with Gasteiger partial charge in [0.2, 0.25) is 11.8 Å². The van der Waals surface area contributed by atoms with Gasteiger partial charge in [-0.05, 0) is 47.4 Å². The molecule has 0 fully saturated rings. The Morgan fingerprint density at radius 1 is 0.833 bits per heavy atom. The SMILES string of the molecule is CCCNC(=O)C(c1ccccc1)N(Cc1ccc(OC)cc1)C(=O)Cc1ccc(OC)c(OC)c1. The van der Waals surface area contributed by atoms with Gasteiger partial charge in [-0.15, -0.1) is 0 Å². The highest BCUT2D eigenvalue weighted by Gasteiger charge is 2.31. The number of rotatable bonds is 12. The van der Waals surface area contributed by atoms with Crippen LogP contribution in [0.15, 0.2) is 72.8 Å². The highest BCUT2D eigenvalue weighted by molar-refractivity contribution is 5.89. The van der Waals surface area contributed by atoms with Crippen molar-refractivity contribution in [1.82, 2.24) is 10.2 Å². The van der Waals surface area contributed by atoms with Gasteiger partial charge in [-0.25, -0.2) is 0 Å². The number of nitrogens with one attached hydrogen (secondary N) is 1. The molecule has 3 aromatic rings. The summed E-state index contributed by atoms with van der Waals surface area (Å²) in [6.45, 7) is 2.78. The summed E-state index contributed by atoms with van der Waals surface area (Å²) in [7, 11) is 4.74. The van der Waals surface area contributed by atoms with Crippen molar-refractivity contribution in [3.8, 4) is 17.2 Å². The van der Waals surface area contributed by atoms with Crippen LogP contribution in [0.3, 0.4) is 0 Å². The first-order chi connectivity index (χ1) is 17.5. The third-order valence-electron chi connectivity index (χ3n) is 5.86. The molecule has 0 saturated carbocycles. The Kier molecular flexibility index (Phi) is 9.74. The summed E-state index contributed by atoms with van der Waals surface area (Å²) in [6, 6.07) is 21.5. The van der Waals surface area contributed by atoms with Crippen molar-refractivity contribution in [3.05, 3.63) is 89.5 Å². The molecule has 3 rings (SSSR count). The molecule has 7 nitrogen and oxygen atoms in total. The third kappa shape index (κ3) is 6.78. The van der Waals surface area contributed by atoms with Crippen LogP contribution >= 0.6 is 0 Å². The van der Waals surface area contributed by atoms with Gasteiger partial charge < -0.3 is 24.4 Å². The summed E-state index contributed by atoms with van der Waals surface area (Å²) in [4.78, 5) is 28.9. The van der Waals surface area contributed by atoms with E-state index < -0.39 is 6.04 Å². The number of carbonyl (C=O) groups excluding carboxylic acids is 2. The largest absolute Gasteiger partial charge is 0.497 e. The minimum Gasteiger partial charge on any atom is -0.497 e. The zero-order valence-corrected chi connectivity index (χ0v) is 21.3. The van der Waals surface area contributed by atoms with Crippen molar-refractivity contribution >= 4 is 11.8 Å². The zero-order valence-electron chi connectivity index (χ0n) is 21.3. The Labute approximate surface area is 213 Å². The van der Waals surface area contributed by atoms with Crippen LogP contribution in [0.2, 0.25) is 0 Å². The monoisotopic (exact) mass is 490 g/mol. The van der Waals surface area contributed by atoms with Gasteiger partial charge in [0, 0.05) is 13.1 Å². The molecule has 190 valence electrons. The number of methoxy groups -OCH3 is 3. The lowest BCUT2D eigenvalue weighted by Gasteiger charge is -2.32. The summed E-state index contributed by atoms with van der Waals surface area (Å²) >= 11 is 0. The molecule has 7 heteroatoms. The number of hydrogen-bond acceptors (Lipinski definition) is 5. The quantitative estimate of drug-likeness (QED) is 0.403. The lowest BCUT2D eigenvalue weighted by molar-refractivity contribution is -0.141. The first-order valence-electron chi connectivity index (χ1n) is 12.0. The molecule has 0 aromatic heterocycles. The van der Waals surface area contributed by atoms with Crippen LogP contribution in [0, 0.1) is 0 Å². The fourth-order valence-corrected chi connectivity index (χ4v) is 3.97. The van der Waals surface area contributed by atoms with Crippen LogP contribution in [-0.4, -0.2) is 44.6 Å². The first kappa shape index (κ1) is 26.6. The molecule has 0 radical (unpaired) electrons. The predicted octanol–water partition coefficient (Wildman–Crippen LogP) is 4.55. The highest BCUT2D eigenvalue weighted by Crippen LogP contribution is 2.29. The van der Waals surface area contributed by atoms with Crippen molar-refractivity contribution in [2.45, 2.75) is 32.4 Å². The third-order valence-corrected chi connectivity index (χ3v) is 5.86. The van der Waals surface area contributed by atoms with Crippen molar-refractivity contribution in [2.75, 3.05) is 27.9 Å². The van der Waals surface area contributed by atoms with E-state index in [1.165, 1.54) is 0 Å². The molecule has 0 aliphatic heterocycles. The molecular formula is C29H34N2O5. The molecule has 3 aromatic carbocycles. The normalized spacial score (nSPS) is 11.3. The van der Waals surface area contributed by atoms with E-state index in [0.29, 0.717) is 18.0 Å². The Hall–Kier alpha value is -4.00. The molecule has 1 N–H and O–H groups in total. The predicted molar refractivity (Wildman–Crippen MR) is 139 cm³/mol. The number of hydrogen-bond donors (Lipinski definition) is 1. The fourth-order valence-electron chi connectivity index (χ4n) is 3.97. The van der Waals surface area contributed by atoms with Crippen molar-refractivity contribution in [3.63, 3.8) is 0 Å². The molecule has 0 bridgehead atoms. The van der Waals surface area contributed by atoms with Crippen LogP contribution in [0.1, 0.15) is 36.1 Å². The van der Waals surface area contributed by atoms with E-state index in [-0.39, 0.29) is 24.8 Å². The molecule has 2 amide bonds. The minimum absolute atomic E-state index is 0.0981. The second-order valence-corrected chi connectivity index (χ2v) is 8.34. The van der Waals surface area contributed by atoms with Crippen LogP contribution in [0.5, 0.6) is 17.2 Å². The van der Waals surface area contributed by atoms with Crippen LogP contribution in [-0.2, 0) is 22.6 Å². The second kappa shape index (κ2) is 13.2. The van der Waals surface area contributed by atoms with E-state index in [4.69, 9.17) is 14.2 Å². The summed E-state index contributed by atoms with van der Waals surface area (Å²) in [5, 5.41) is 2.98. The Bertz CT molecular complexity index is 1130. The summed E-state index contributed by atoms with van der Waals surface area (Å²) < 4.78 is 16.0. The van der Waals surface area contributed by atoms with E-state index in [2.05, 4.69) is 5.32 Å². The van der Waals surface area contributed by atoms with Crippen molar-refractivity contribution in [1.29, 1.82) is 0 Å². The lowest BCUT2D eigenvalue weighted by Crippen LogP contribution is -2.44.